The quantitative estimate of drug-likeness (QED) is 0.707. The van der Waals surface area contributed by atoms with Crippen molar-refractivity contribution < 1.29 is 4.79 Å². The second-order valence-electron chi connectivity index (χ2n) is 1.94. The summed E-state index contributed by atoms with van der Waals surface area (Å²) in [6.07, 6.45) is 1.54. The van der Waals surface area contributed by atoms with Gasteiger partial charge in [0.2, 0.25) is 0 Å². The number of aromatic nitrogens is 4. The number of carbonyl (C=O) groups excluding carboxylic acids is 1. The first-order valence-corrected chi connectivity index (χ1v) is 6.50. The summed E-state index contributed by atoms with van der Waals surface area (Å²) in [5.41, 5.74) is 0. The molecule has 0 spiro atoms. The van der Waals surface area contributed by atoms with Crippen molar-refractivity contribution in [3.05, 3.63) is 6.33 Å². The Morgan fingerprint density at radius 1 is 1.67 bits per heavy atom. The van der Waals surface area contributed by atoms with Crippen LogP contribution in [0.3, 0.4) is 0 Å². The van der Waals surface area contributed by atoms with Gasteiger partial charge in [-0.05, 0) is 0 Å². The molecule has 7 heteroatoms. The predicted octanol–water partition coefficient (Wildman–Crippen LogP) is -0.480. The Balaban J connectivity index is 2.15. The Hall–Kier alpha value is -0.0139. The summed E-state index contributed by atoms with van der Waals surface area (Å²) < 4.78 is 2.28. The third-order valence-corrected chi connectivity index (χ3v) is 3.75. The number of thioether (sulfide) groups is 1. The first kappa shape index (κ1) is 10.1. The van der Waals surface area contributed by atoms with Crippen molar-refractivity contribution in [1.82, 2.24) is 20.2 Å². The van der Waals surface area contributed by atoms with Crippen LogP contribution < -0.4 is 0 Å². The molecule has 0 unspecified atom stereocenters. The van der Waals surface area contributed by atoms with Gasteiger partial charge in [-0.1, -0.05) is 0 Å². The van der Waals surface area contributed by atoms with Gasteiger partial charge in [0.25, 0.3) is 0 Å². The number of carbonyl (C=O) groups is 1. The third kappa shape index (κ3) is 3.59. The summed E-state index contributed by atoms with van der Waals surface area (Å²) in [4.78, 5) is 10.9. The zero-order chi connectivity index (χ0) is 8.81. The Bertz CT molecular complexity index is 240. The number of hydrogen-bond donors (Lipinski definition) is 0. The monoisotopic (exact) mass is 380 g/mol. The molecule has 12 heavy (non-hydrogen) atoms. The van der Waals surface area contributed by atoms with Crippen LogP contribution in [-0.4, -0.2) is 56.1 Å². The van der Waals surface area contributed by atoms with Crippen LogP contribution in [0.4, 0.5) is 0 Å². The Labute approximate surface area is 89.4 Å². The van der Waals surface area contributed by atoms with Gasteiger partial charge in [-0.15, -0.1) is 0 Å². The molecule has 0 saturated heterocycles. The third-order valence-electron chi connectivity index (χ3n) is 1.09. The number of rotatable bonds is 4. The van der Waals surface area contributed by atoms with Crippen molar-refractivity contribution in [2.24, 2.45) is 0 Å². The molecule has 1 rings (SSSR count). The standard InChI is InChI=1S/C5H7N4OS.Po/c1-5(10)11-3-2-9-4-6-7-8-9;/h4H,1-3H2;. The van der Waals surface area contributed by atoms with E-state index in [1.807, 2.05) is 0 Å². The van der Waals surface area contributed by atoms with Gasteiger partial charge in [0.15, 0.2) is 0 Å². The van der Waals surface area contributed by atoms with E-state index >= 15 is 0 Å². The fraction of sp³-hybridized carbons (Fsp3) is 0.600. The van der Waals surface area contributed by atoms with Crippen LogP contribution in [0.25, 0.3) is 0 Å². The van der Waals surface area contributed by atoms with E-state index in [9.17, 15) is 4.79 Å². The fourth-order valence-electron chi connectivity index (χ4n) is 0.577. The molecule has 0 aliphatic carbocycles. The molecule has 1 aromatic heterocycles. The van der Waals surface area contributed by atoms with Crippen LogP contribution >= 0.6 is 11.8 Å². The molecule has 0 fully saturated rings. The molecule has 0 bridgehead atoms. The van der Waals surface area contributed by atoms with Gasteiger partial charge in [0, 0.05) is 0 Å². The molecular weight excluding hydrogens is 373 g/mol. The molecule has 5 nitrogen and oxygen atoms in total. The Kier molecular flexibility index (Phi) is 4.70. The van der Waals surface area contributed by atoms with Gasteiger partial charge in [-0.2, -0.15) is 0 Å². The first-order chi connectivity index (χ1) is 5.83. The molecule has 1 aromatic rings. The molecule has 0 aromatic carbocycles. The molecule has 0 amide bonds. The van der Waals surface area contributed by atoms with Crippen molar-refractivity contribution in [3.63, 3.8) is 0 Å². The zero-order valence-corrected chi connectivity index (χ0v) is 10.2. The van der Waals surface area contributed by atoms with Gasteiger partial charge in [0.1, 0.15) is 0 Å². The van der Waals surface area contributed by atoms with E-state index in [0.717, 1.165) is 5.75 Å². The average molecular weight is 380 g/mol. The molecular formula is C5H7N4OPoS. The van der Waals surface area contributed by atoms with Crippen molar-refractivity contribution in [3.8, 4) is 0 Å². The SMILES string of the molecule is O=C([CH2][Po])SCCn1cnnn1. The summed E-state index contributed by atoms with van der Waals surface area (Å²) in [5.74, 6) is 0.747. The minimum atomic E-state index is 0.248. The van der Waals surface area contributed by atoms with Crippen molar-refractivity contribution in [2.75, 3.05) is 5.75 Å². The molecule has 0 aliphatic heterocycles. The molecule has 1 radical (unpaired) electrons. The van der Waals surface area contributed by atoms with Gasteiger partial charge < -0.3 is 0 Å². The number of hydrogen-bond acceptors (Lipinski definition) is 5. The zero-order valence-electron chi connectivity index (χ0n) is 6.21. The second-order valence-corrected chi connectivity index (χ2v) is 4.21. The topological polar surface area (TPSA) is 60.7 Å². The summed E-state index contributed by atoms with van der Waals surface area (Å²) in [7, 11) is 0. The fourth-order valence-corrected chi connectivity index (χ4v) is 2.14. The number of aryl methyl sites for hydroxylation is 1. The summed E-state index contributed by atoms with van der Waals surface area (Å²) in [6.45, 7) is 0.693. The normalized spacial score (nSPS) is 10.1. The van der Waals surface area contributed by atoms with E-state index in [4.69, 9.17) is 0 Å². The van der Waals surface area contributed by atoms with Crippen LogP contribution in [0.5, 0.6) is 0 Å². The maximum absolute atomic E-state index is 10.9. The molecule has 65 valence electrons. The average Bonchev–Trinajstić information content (AvgIpc) is 2.57. The van der Waals surface area contributed by atoms with Crippen molar-refractivity contribution >= 4 is 41.9 Å². The number of nitrogens with zero attached hydrogens (tertiary/aromatic N) is 4. The molecule has 1 heterocycles. The predicted molar refractivity (Wildman–Crippen MR) is 45.8 cm³/mol. The van der Waals surface area contributed by atoms with Crippen LogP contribution in [0.2, 0.25) is 4.08 Å². The van der Waals surface area contributed by atoms with Crippen LogP contribution in [0.1, 0.15) is 0 Å². The summed E-state index contributed by atoms with van der Waals surface area (Å²) in [6, 6.07) is 0. The molecule has 0 saturated carbocycles. The van der Waals surface area contributed by atoms with Crippen molar-refractivity contribution in [1.29, 1.82) is 0 Å². The number of tetrazole rings is 1. The van der Waals surface area contributed by atoms with Gasteiger partial charge in [0.05, 0.1) is 0 Å². The summed E-state index contributed by atoms with van der Waals surface area (Å²) >= 11 is 2.65. The van der Waals surface area contributed by atoms with E-state index in [2.05, 4.69) is 15.5 Å². The van der Waals surface area contributed by atoms with E-state index in [0.29, 0.717) is 10.6 Å². The Morgan fingerprint density at radius 3 is 3.08 bits per heavy atom. The van der Waals surface area contributed by atoms with Gasteiger partial charge in [-0.3, -0.25) is 0 Å². The van der Waals surface area contributed by atoms with E-state index in [1.54, 1.807) is 11.0 Å². The van der Waals surface area contributed by atoms with Crippen LogP contribution in [-0.2, 0) is 11.3 Å². The molecule has 0 aliphatic rings. The van der Waals surface area contributed by atoms with Crippen LogP contribution in [0, 0.1) is 0 Å². The van der Waals surface area contributed by atoms with E-state index in [1.165, 1.54) is 36.8 Å². The Morgan fingerprint density at radius 2 is 2.50 bits per heavy atom. The molecule has 0 atom stereocenters. The van der Waals surface area contributed by atoms with Gasteiger partial charge in [-0.25, -0.2) is 0 Å². The van der Waals surface area contributed by atoms with E-state index in [-0.39, 0.29) is 5.12 Å². The van der Waals surface area contributed by atoms with Crippen LogP contribution in [0.15, 0.2) is 6.33 Å². The first-order valence-electron chi connectivity index (χ1n) is 3.27. The van der Waals surface area contributed by atoms with E-state index < -0.39 is 0 Å². The van der Waals surface area contributed by atoms with Crippen molar-refractivity contribution in [2.45, 2.75) is 10.6 Å². The summed E-state index contributed by atoms with van der Waals surface area (Å²) in [5, 5.41) is 10.9. The minimum absolute atomic E-state index is 0.248. The molecule has 0 N–H and O–H groups in total. The second kappa shape index (κ2) is 5.60. The maximum atomic E-state index is 10.9. The van der Waals surface area contributed by atoms with Gasteiger partial charge >= 0.3 is 89.6 Å².